The second-order valence-electron chi connectivity index (χ2n) is 3.15. The van der Waals surface area contributed by atoms with Crippen molar-refractivity contribution in [3.63, 3.8) is 0 Å². The summed E-state index contributed by atoms with van der Waals surface area (Å²) in [5, 5.41) is 9.48. The zero-order valence-electron chi connectivity index (χ0n) is 8.37. The van der Waals surface area contributed by atoms with Crippen molar-refractivity contribution < 1.29 is 9.84 Å². The molecular weight excluding hydrogens is 164 g/mol. The SMILES string of the molecule is CCOc1ccc(C)cc1C(C)O. The van der Waals surface area contributed by atoms with Gasteiger partial charge < -0.3 is 9.84 Å². The van der Waals surface area contributed by atoms with Crippen LogP contribution in [0, 0.1) is 6.92 Å². The van der Waals surface area contributed by atoms with Crippen molar-refractivity contribution >= 4 is 0 Å². The van der Waals surface area contributed by atoms with Crippen LogP contribution in [0.2, 0.25) is 0 Å². The summed E-state index contributed by atoms with van der Waals surface area (Å²) in [6.07, 6.45) is -0.471. The first-order valence-corrected chi connectivity index (χ1v) is 4.56. The molecule has 0 aliphatic heterocycles. The van der Waals surface area contributed by atoms with Crippen molar-refractivity contribution in [3.8, 4) is 5.75 Å². The standard InChI is InChI=1S/C11H16O2/c1-4-13-11-6-5-8(2)7-10(11)9(3)12/h5-7,9,12H,4H2,1-3H3. The highest BCUT2D eigenvalue weighted by Crippen LogP contribution is 2.25. The maximum Gasteiger partial charge on any atom is 0.125 e. The van der Waals surface area contributed by atoms with E-state index in [0.717, 1.165) is 16.9 Å². The second kappa shape index (κ2) is 4.28. The lowest BCUT2D eigenvalue weighted by Crippen LogP contribution is -1.99. The minimum atomic E-state index is -0.471. The van der Waals surface area contributed by atoms with Gasteiger partial charge in [0.05, 0.1) is 12.7 Å². The smallest absolute Gasteiger partial charge is 0.125 e. The molecule has 0 aromatic heterocycles. The third kappa shape index (κ3) is 2.46. The molecule has 0 fully saturated rings. The highest BCUT2D eigenvalue weighted by molar-refractivity contribution is 5.38. The van der Waals surface area contributed by atoms with Crippen molar-refractivity contribution in [1.29, 1.82) is 0 Å². The normalized spacial score (nSPS) is 12.6. The van der Waals surface area contributed by atoms with Crippen LogP contribution < -0.4 is 4.74 Å². The zero-order valence-corrected chi connectivity index (χ0v) is 8.37. The molecule has 1 aromatic carbocycles. The molecular formula is C11H16O2. The molecule has 13 heavy (non-hydrogen) atoms. The van der Waals surface area contributed by atoms with Crippen LogP contribution in [0.4, 0.5) is 0 Å². The summed E-state index contributed by atoms with van der Waals surface area (Å²) in [4.78, 5) is 0. The molecule has 1 aromatic rings. The van der Waals surface area contributed by atoms with E-state index in [-0.39, 0.29) is 0 Å². The number of hydrogen-bond donors (Lipinski definition) is 1. The van der Waals surface area contributed by atoms with Gasteiger partial charge in [-0.2, -0.15) is 0 Å². The average molecular weight is 180 g/mol. The summed E-state index contributed by atoms with van der Waals surface area (Å²) in [5.41, 5.74) is 2.00. The van der Waals surface area contributed by atoms with Crippen LogP contribution in [0.3, 0.4) is 0 Å². The minimum absolute atomic E-state index is 0.471. The van der Waals surface area contributed by atoms with E-state index in [4.69, 9.17) is 4.74 Å². The number of aliphatic hydroxyl groups excluding tert-OH is 1. The Morgan fingerprint density at radius 1 is 1.46 bits per heavy atom. The summed E-state index contributed by atoms with van der Waals surface area (Å²) in [7, 11) is 0. The van der Waals surface area contributed by atoms with Gasteiger partial charge >= 0.3 is 0 Å². The predicted molar refractivity (Wildman–Crippen MR) is 53.0 cm³/mol. The third-order valence-electron chi connectivity index (χ3n) is 1.92. The van der Waals surface area contributed by atoms with E-state index >= 15 is 0 Å². The maximum atomic E-state index is 9.48. The van der Waals surface area contributed by atoms with E-state index in [1.54, 1.807) is 6.92 Å². The van der Waals surface area contributed by atoms with E-state index in [2.05, 4.69) is 0 Å². The van der Waals surface area contributed by atoms with Gasteiger partial charge in [-0.1, -0.05) is 11.6 Å². The lowest BCUT2D eigenvalue weighted by molar-refractivity contribution is 0.192. The monoisotopic (exact) mass is 180 g/mol. The molecule has 0 saturated carbocycles. The number of rotatable bonds is 3. The number of aliphatic hydroxyl groups is 1. The number of hydrogen-bond acceptors (Lipinski definition) is 2. The summed E-state index contributed by atoms with van der Waals surface area (Å²) >= 11 is 0. The molecule has 0 saturated heterocycles. The first kappa shape index (κ1) is 10.1. The van der Waals surface area contributed by atoms with Crippen LogP contribution in [-0.4, -0.2) is 11.7 Å². The molecule has 0 spiro atoms. The van der Waals surface area contributed by atoms with Gasteiger partial charge in [0.25, 0.3) is 0 Å². The van der Waals surface area contributed by atoms with Gasteiger partial charge in [0.2, 0.25) is 0 Å². The lowest BCUT2D eigenvalue weighted by Gasteiger charge is -2.12. The van der Waals surface area contributed by atoms with Gasteiger partial charge in [0.1, 0.15) is 5.75 Å². The molecule has 0 bridgehead atoms. The average Bonchev–Trinajstić information content (AvgIpc) is 2.08. The molecule has 1 N–H and O–H groups in total. The Morgan fingerprint density at radius 2 is 2.15 bits per heavy atom. The molecule has 72 valence electrons. The molecule has 0 amide bonds. The minimum Gasteiger partial charge on any atom is -0.493 e. The fourth-order valence-electron chi connectivity index (χ4n) is 1.28. The van der Waals surface area contributed by atoms with Gasteiger partial charge in [-0.15, -0.1) is 0 Å². The molecule has 0 radical (unpaired) electrons. The summed E-state index contributed by atoms with van der Waals surface area (Å²) in [6.45, 7) is 6.31. The Labute approximate surface area is 79.2 Å². The topological polar surface area (TPSA) is 29.5 Å². The van der Waals surface area contributed by atoms with E-state index in [1.807, 2.05) is 32.0 Å². The largest absolute Gasteiger partial charge is 0.493 e. The van der Waals surface area contributed by atoms with Crippen LogP contribution >= 0.6 is 0 Å². The molecule has 1 unspecified atom stereocenters. The zero-order chi connectivity index (χ0) is 9.84. The molecule has 0 aliphatic rings. The van der Waals surface area contributed by atoms with Crippen LogP contribution in [0.5, 0.6) is 5.75 Å². The summed E-state index contributed by atoms with van der Waals surface area (Å²) in [5.74, 6) is 0.781. The number of ether oxygens (including phenoxy) is 1. The molecule has 2 nitrogen and oxygen atoms in total. The predicted octanol–water partition coefficient (Wildman–Crippen LogP) is 2.45. The van der Waals surface area contributed by atoms with Gasteiger partial charge in [-0.05, 0) is 32.9 Å². The van der Waals surface area contributed by atoms with Crippen molar-refractivity contribution in [2.45, 2.75) is 26.9 Å². The molecule has 2 heteroatoms. The van der Waals surface area contributed by atoms with Gasteiger partial charge in [-0.3, -0.25) is 0 Å². The van der Waals surface area contributed by atoms with Gasteiger partial charge in [-0.25, -0.2) is 0 Å². The van der Waals surface area contributed by atoms with Gasteiger partial charge in [0.15, 0.2) is 0 Å². The van der Waals surface area contributed by atoms with E-state index in [9.17, 15) is 5.11 Å². The Bertz CT molecular complexity index is 279. The summed E-state index contributed by atoms with van der Waals surface area (Å²) < 4.78 is 5.39. The lowest BCUT2D eigenvalue weighted by atomic mass is 10.1. The van der Waals surface area contributed by atoms with Crippen molar-refractivity contribution in [2.24, 2.45) is 0 Å². The van der Waals surface area contributed by atoms with Crippen molar-refractivity contribution in [3.05, 3.63) is 29.3 Å². The molecule has 1 rings (SSSR count). The van der Waals surface area contributed by atoms with Crippen LogP contribution in [0.15, 0.2) is 18.2 Å². The molecule has 1 atom stereocenters. The van der Waals surface area contributed by atoms with Crippen LogP contribution in [0.1, 0.15) is 31.1 Å². The Balaban J connectivity index is 3.03. The van der Waals surface area contributed by atoms with Crippen LogP contribution in [0.25, 0.3) is 0 Å². The van der Waals surface area contributed by atoms with E-state index in [1.165, 1.54) is 0 Å². The third-order valence-corrected chi connectivity index (χ3v) is 1.92. The molecule has 0 aliphatic carbocycles. The highest BCUT2D eigenvalue weighted by Gasteiger charge is 2.08. The number of benzene rings is 1. The maximum absolute atomic E-state index is 9.48. The molecule has 0 heterocycles. The first-order valence-electron chi connectivity index (χ1n) is 4.56. The van der Waals surface area contributed by atoms with Crippen molar-refractivity contribution in [1.82, 2.24) is 0 Å². The van der Waals surface area contributed by atoms with E-state index in [0.29, 0.717) is 6.61 Å². The Morgan fingerprint density at radius 3 is 2.69 bits per heavy atom. The van der Waals surface area contributed by atoms with Crippen LogP contribution in [-0.2, 0) is 0 Å². The Hall–Kier alpha value is -1.02. The number of aryl methyl sites for hydroxylation is 1. The van der Waals surface area contributed by atoms with E-state index < -0.39 is 6.10 Å². The second-order valence-corrected chi connectivity index (χ2v) is 3.15. The highest BCUT2D eigenvalue weighted by atomic mass is 16.5. The first-order chi connectivity index (χ1) is 6.15. The quantitative estimate of drug-likeness (QED) is 0.774. The fraction of sp³-hybridized carbons (Fsp3) is 0.455. The Kier molecular flexibility index (Phi) is 3.32. The van der Waals surface area contributed by atoms with Gasteiger partial charge in [0, 0.05) is 5.56 Å². The van der Waals surface area contributed by atoms with Crippen molar-refractivity contribution in [2.75, 3.05) is 6.61 Å². The fourth-order valence-corrected chi connectivity index (χ4v) is 1.28. The summed E-state index contributed by atoms with van der Waals surface area (Å²) in [6, 6.07) is 5.84.